The maximum absolute atomic E-state index is 13.3. The number of nitrogens with zero attached hydrogens (tertiary/aromatic N) is 3. The Kier molecular flexibility index (Phi) is 3.91. The second kappa shape index (κ2) is 6.08. The van der Waals surface area contributed by atoms with E-state index < -0.39 is 0 Å². The van der Waals surface area contributed by atoms with Crippen LogP contribution < -0.4 is 5.56 Å². The molecule has 0 fully saturated rings. The minimum Gasteiger partial charge on any atom is -0.268 e. The number of benzene rings is 1. The van der Waals surface area contributed by atoms with Crippen LogP contribution in [0, 0.1) is 18.3 Å². The average molecular weight is 353 g/mol. The highest BCUT2D eigenvalue weighted by atomic mass is 32.2. The normalized spacial score (nSPS) is 13.2. The first kappa shape index (κ1) is 15.4. The second-order valence-corrected chi connectivity index (χ2v) is 7.88. The summed E-state index contributed by atoms with van der Waals surface area (Å²) < 4.78 is 1.66. The molecule has 0 bridgehead atoms. The number of hydrogen-bond donors (Lipinski definition) is 0. The lowest BCUT2D eigenvalue weighted by atomic mass is 10.2. The highest BCUT2D eigenvalue weighted by Gasteiger charge is 2.23. The van der Waals surface area contributed by atoms with E-state index in [2.05, 4.69) is 6.07 Å². The molecular formula is C18H15N3OS2. The number of hydrogen-bond acceptors (Lipinski definition) is 5. The Morgan fingerprint density at radius 2 is 2.12 bits per heavy atom. The zero-order valence-corrected chi connectivity index (χ0v) is 14.8. The third-order valence-corrected chi connectivity index (χ3v) is 6.26. The van der Waals surface area contributed by atoms with Gasteiger partial charge in [-0.3, -0.25) is 9.36 Å². The van der Waals surface area contributed by atoms with Crippen molar-refractivity contribution in [2.75, 3.05) is 5.75 Å². The Bertz CT molecular complexity index is 1030. The molecule has 0 saturated carbocycles. The molecule has 0 N–H and O–H groups in total. The van der Waals surface area contributed by atoms with Gasteiger partial charge in [-0.15, -0.1) is 11.3 Å². The van der Waals surface area contributed by atoms with Crippen molar-refractivity contribution in [3.05, 3.63) is 50.6 Å². The molecule has 4 nitrogen and oxygen atoms in total. The van der Waals surface area contributed by atoms with Gasteiger partial charge in [-0.2, -0.15) is 5.26 Å². The van der Waals surface area contributed by atoms with Gasteiger partial charge in [-0.25, -0.2) is 4.98 Å². The smallest absolute Gasteiger partial charge is 0.267 e. The summed E-state index contributed by atoms with van der Waals surface area (Å²) >= 11 is 2.95. The van der Waals surface area contributed by atoms with Crippen molar-refractivity contribution in [2.45, 2.75) is 31.3 Å². The van der Waals surface area contributed by atoms with Gasteiger partial charge >= 0.3 is 0 Å². The quantitative estimate of drug-likeness (QED) is 0.530. The highest BCUT2D eigenvalue weighted by Crippen LogP contribution is 2.36. The van der Waals surface area contributed by atoms with E-state index in [-0.39, 0.29) is 11.3 Å². The molecular weight excluding hydrogens is 338 g/mol. The minimum atomic E-state index is -0.0105. The summed E-state index contributed by atoms with van der Waals surface area (Å²) in [4.78, 5) is 20.1. The van der Waals surface area contributed by atoms with Crippen LogP contribution in [-0.2, 0) is 12.8 Å². The Hall–Kier alpha value is -2.10. The number of thiophene rings is 1. The first-order valence-corrected chi connectivity index (χ1v) is 9.63. The Morgan fingerprint density at radius 3 is 2.88 bits per heavy atom. The fraction of sp³-hybridized carbons (Fsp3) is 0.278. The molecule has 4 rings (SSSR count). The number of fused-ring (bicyclic) bond motifs is 3. The van der Waals surface area contributed by atoms with E-state index in [4.69, 9.17) is 10.2 Å². The largest absolute Gasteiger partial charge is 0.268 e. The SMILES string of the molecule is Cc1ccc(-n2c(SCC#N)nc3sc4c(c3c2=O)CCC4)cc1. The highest BCUT2D eigenvalue weighted by molar-refractivity contribution is 7.99. The molecule has 0 atom stereocenters. The van der Waals surface area contributed by atoms with Crippen LogP contribution in [-0.4, -0.2) is 15.3 Å². The maximum atomic E-state index is 13.3. The molecule has 2 aromatic heterocycles. The van der Waals surface area contributed by atoms with Gasteiger partial charge in [0.25, 0.3) is 5.56 Å². The van der Waals surface area contributed by atoms with E-state index in [1.807, 2.05) is 31.2 Å². The van der Waals surface area contributed by atoms with Crippen molar-refractivity contribution in [1.82, 2.24) is 9.55 Å². The first-order valence-electron chi connectivity index (χ1n) is 7.83. The van der Waals surface area contributed by atoms with Gasteiger partial charge < -0.3 is 0 Å². The molecule has 120 valence electrons. The van der Waals surface area contributed by atoms with Crippen LogP contribution >= 0.6 is 23.1 Å². The van der Waals surface area contributed by atoms with Gasteiger partial charge in [0.2, 0.25) is 0 Å². The molecule has 0 aliphatic heterocycles. The van der Waals surface area contributed by atoms with Crippen molar-refractivity contribution < 1.29 is 0 Å². The summed E-state index contributed by atoms with van der Waals surface area (Å²) in [5, 5.41) is 10.3. The maximum Gasteiger partial charge on any atom is 0.267 e. The molecule has 1 aliphatic carbocycles. The van der Waals surface area contributed by atoms with Gasteiger partial charge in [-0.05, 0) is 43.9 Å². The van der Waals surface area contributed by atoms with Crippen LogP contribution in [0.2, 0.25) is 0 Å². The van der Waals surface area contributed by atoms with Gasteiger partial charge in [0.1, 0.15) is 4.83 Å². The Morgan fingerprint density at radius 1 is 1.33 bits per heavy atom. The van der Waals surface area contributed by atoms with E-state index in [9.17, 15) is 4.79 Å². The van der Waals surface area contributed by atoms with E-state index in [1.165, 1.54) is 22.2 Å². The number of rotatable bonds is 3. The van der Waals surface area contributed by atoms with Gasteiger partial charge in [-0.1, -0.05) is 29.5 Å². The monoisotopic (exact) mass is 353 g/mol. The van der Waals surface area contributed by atoms with Crippen LogP contribution in [0.4, 0.5) is 0 Å². The van der Waals surface area contributed by atoms with Gasteiger partial charge in [0.15, 0.2) is 5.16 Å². The Labute approximate surface area is 147 Å². The van der Waals surface area contributed by atoms with Crippen LogP contribution in [0.25, 0.3) is 15.9 Å². The zero-order chi connectivity index (χ0) is 16.7. The topological polar surface area (TPSA) is 58.7 Å². The molecule has 0 amide bonds. The summed E-state index contributed by atoms with van der Waals surface area (Å²) in [6.45, 7) is 2.02. The molecule has 1 aromatic carbocycles. The van der Waals surface area contributed by atoms with E-state index >= 15 is 0 Å². The second-order valence-electron chi connectivity index (χ2n) is 5.85. The standard InChI is InChI=1S/C18H15N3OS2/c1-11-5-7-12(8-6-11)21-17(22)15-13-3-2-4-14(13)24-16(15)20-18(21)23-10-9-19/h5-8H,2-4,10H2,1H3. The van der Waals surface area contributed by atoms with Gasteiger partial charge in [0, 0.05) is 4.88 Å². The summed E-state index contributed by atoms with van der Waals surface area (Å²) in [6.07, 6.45) is 3.12. The average Bonchev–Trinajstić information content (AvgIpc) is 3.14. The predicted molar refractivity (Wildman–Crippen MR) is 98.3 cm³/mol. The third-order valence-electron chi connectivity index (χ3n) is 4.27. The summed E-state index contributed by atoms with van der Waals surface area (Å²) in [6, 6.07) is 9.97. The number of aromatic nitrogens is 2. The van der Waals surface area contributed by atoms with Crippen LogP contribution in [0.15, 0.2) is 34.2 Å². The van der Waals surface area contributed by atoms with Crippen molar-refractivity contribution in [1.29, 1.82) is 5.26 Å². The lowest BCUT2D eigenvalue weighted by molar-refractivity contribution is 0.821. The predicted octanol–water partition coefficient (Wildman–Crippen LogP) is 3.86. The van der Waals surface area contributed by atoms with Crippen LogP contribution in [0.1, 0.15) is 22.4 Å². The molecule has 0 unspecified atom stereocenters. The zero-order valence-electron chi connectivity index (χ0n) is 13.2. The molecule has 0 spiro atoms. The van der Waals surface area contributed by atoms with Crippen molar-refractivity contribution in [3.8, 4) is 11.8 Å². The number of aryl methyl sites for hydroxylation is 3. The lowest BCUT2D eigenvalue weighted by Gasteiger charge is -2.11. The molecule has 6 heteroatoms. The van der Waals surface area contributed by atoms with E-state index in [0.717, 1.165) is 40.7 Å². The van der Waals surface area contributed by atoms with Gasteiger partial charge in [0.05, 0.1) is 22.9 Å². The third kappa shape index (κ3) is 2.45. The number of nitriles is 1. The lowest BCUT2D eigenvalue weighted by Crippen LogP contribution is -2.21. The first-order chi connectivity index (χ1) is 11.7. The van der Waals surface area contributed by atoms with Crippen molar-refractivity contribution in [2.24, 2.45) is 0 Å². The fourth-order valence-corrected chi connectivity index (χ4v) is 5.12. The van der Waals surface area contributed by atoms with Crippen LogP contribution in [0.3, 0.4) is 0 Å². The summed E-state index contributed by atoms with van der Waals surface area (Å²) in [5.41, 5.74) is 3.12. The molecule has 24 heavy (non-hydrogen) atoms. The molecule has 2 heterocycles. The van der Waals surface area contributed by atoms with Crippen molar-refractivity contribution in [3.63, 3.8) is 0 Å². The molecule has 0 radical (unpaired) electrons. The molecule has 0 saturated heterocycles. The summed E-state index contributed by atoms with van der Waals surface area (Å²) in [7, 11) is 0. The molecule has 1 aliphatic rings. The summed E-state index contributed by atoms with van der Waals surface area (Å²) in [5.74, 6) is 0.273. The fourth-order valence-electron chi connectivity index (χ4n) is 3.14. The van der Waals surface area contributed by atoms with E-state index in [1.54, 1.807) is 15.9 Å². The van der Waals surface area contributed by atoms with Crippen LogP contribution in [0.5, 0.6) is 0 Å². The number of thioether (sulfide) groups is 1. The molecule has 3 aromatic rings. The van der Waals surface area contributed by atoms with Crippen molar-refractivity contribution >= 4 is 33.3 Å². The minimum absolute atomic E-state index is 0.0105. The van der Waals surface area contributed by atoms with E-state index in [0.29, 0.717) is 5.16 Å². The Balaban J connectivity index is 2.01.